The zero-order valence-electron chi connectivity index (χ0n) is 7.80. The van der Waals surface area contributed by atoms with Crippen LogP contribution in [0.3, 0.4) is 0 Å². The van der Waals surface area contributed by atoms with Crippen LogP contribution in [0.4, 0.5) is 0 Å². The Morgan fingerprint density at radius 1 is 1.27 bits per heavy atom. The van der Waals surface area contributed by atoms with Crippen molar-refractivity contribution in [1.29, 1.82) is 0 Å². The minimum absolute atomic E-state index is 0.107. The van der Waals surface area contributed by atoms with Crippen LogP contribution in [0.1, 0.15) is 40.0 Å². The Balaban J connectivity index is 3.28. The molecule has 0 aromatic carbocycles. The zero-order chi connectivity index (χ0) is 8.91. The fourth-order valence-corrected chi connectivity index (χ4v) is 0.959. The van der Waals surface area contributed by atoms with Crippen LogP contribution in [0.5, 0.6) is 0 Å². The molecular weight excluding hydrogens is 140 g/mol. The first-order valence-electron chi connectivity index (χ1n) is 4.24. The van der Waals surface area contributed by atoms with Crippen molar-refractivity contribution in [3.63, 3.8) is 0 Å². The van der Waals surface area contributed by atoms with Crippen LogP contribution >= 0.6 is 0 Å². The van der Waals surface area contributed by atoms with E-state index < -0.39 is 6.10 Å². The topological polar surface area (TPSA) is 40.5 Å². The summed E-state index contributed by atoms with van der Waals surface area (Å²) in [6.45, 7) is 6.43. The largest absolute Gasteiger partial charge is 0.394 e. The fraction of sp³-hybridized carbons (Fsp3) is 1.00. The molecule has 2 N–H and O–H groups in total. The minimum atomic E-state index is -0.516. The number of rotatable bonds is 4. The summed E-state index contributed by atoms with van der Waals surface area (Å²) < 4.78 is 0. The predicted octanol–water partition coefficient (Wildman–Crippen LogP) is 1.56. The van der Waals surface area contributed by atoms with E-state index in [1.807, 2.05) is 0 Å². The second-order valence-corrected chi connectivity index (χ2v) is 4.29. The molecular formula is C9H20O2. The molecule has 1 atom stereocenters. The normalized spacial score (nSPS) is 15.0. The second kappa shape index (κ2) is 4.73. The van der Waals surface area contributed by atoms with Crippen molar-refractivity contribution in [1.82, 2.24) is 0 Å². The summed E-state index contributed by atoms with van der Waals surface area (Å²) in [6, 6.07) is 0. The molecule has 0 heterocycles. The molecule has 0 aliphatic rings. The standard InChI is InChI=1S/C9H20O2/c1-9(2,3)6-4-5-8(11)7-10/h8,10-11H,4-7H2,1-3H3/t8-/m1/s1. The highest BCUT2D eigenvalue weighted by molar-refractivity contribution is 4.63. The van der Waals surface area contributed by atoms with Gasteiger partial charge in [0.25, 0.3) is 0 Å². The van der Waals surface area contributed by atoms with Crippen LogP contribution in [0, 0.1) is 5.41 Å². The Labute approximate surface area is 69.2 Å². The second-order valence-electron chi connectivity index (χ2n) is 4.29. The summed E-state index contributed by atoms with van der Waals surface area (Å²) >= 11 is 0. The first-order valence-corrected chi connectivity index (χ1v) is 4.24. The number of aliphatic hydroxyl groups excluding tert-OH is 2. The van der Waals surface area contributed by atoms with Crippen molar-refractivity contribution in [2.45, 2.75) is 46.1 Å². The molecule has 0 aliphatic carbocycles. The molecule has 0 aromatic heterocycles. The molecule has 0 saturated carbocycles. The number of hydrogen-bond donors (Lipinski definition) is 2. The maximum atomic E-state index is 9.00. The minimum Gasteiger partial charge on any atom is -0.394 e. The van der Waals surface area contributed by atoms with E-state index in [0.29, 0.717) is 11.8 Å². The summed E-state index contributed by atoms with van der Waals surface area (Å²) in [5.74, 6) is 0. The lowest BCUT2D eigenvalue weighted by atomic mass is 9.89. The lowest BCUT2D eigenvalue weighted by molar-refractivity contribution is 0.0837. The van der Waals surface area contributed by atoms with Crippen molar-refractivity contribution < 1.29 is 10.2 Å². The van der Waals surface area contributed by atoms with Crippen LogP contribution in [-0.4, -0.2) is 22.9 Å². The lowest BCUT2D eigenvalue weighted by Gasteiger charge is -2.18. The molecule has 2 heteroatoms. The summed E-state index contributed by atoms with van der Waals surface area (Å²) in [4.78, 5) is 0. The van der Waals surface area contributed by atoms with E-state index in [0.717, 1.165) is 12.8 Å². The van der Waals surface area contributed by atoms with Crippen LogP contribution < -0.4 is 0 Å². The van der Waals surface area contributed by atoms with Gasteiger partial charge in [0.15, 0.2) is 0 Å². The van der Waals surface area contributed by atoms with Gasteiger partial charge in [-0.05, 0) is 18.3 Å². The molecule has 0 spiro atoms. The molecule has 0 radical (unpaired) electrons. The van der Waals surface area contributed by atoms with Gasteiger partial charge in [-0.15, -0.1) is 0 Å². The van der Waals surface area contributed by atoms with Crippen LogP contribution in [-0.2, 0) is 0 Å². The molecule has 2 nitrogen and oxygen atoms in total. The van der Waals surface area contributed by atoms with Gasteiger partial charge in [-0.3, -0.25) is 0 Å². The fourth-order valence-electron chi connectivity index (χ4n) is 0.959. The quantitative estimate of drug-likeness (QED) is 0.655. The van der Waals surface area contributed by atoms with Crippen molar-refractivity contribution in [3.05, 3.63) is 0 Å². The molecule has 0 aliphatic heterocycles. The van der Waals surface area contributed by atoms with E-state index in [2.05, 4.69) is 20.8 Å². The Kier molecular flexibility index (Phi) is 4.69. The highest BCUT2D eigenvalue weighted by Gasteiger charge is 2.10. The molecule has 68 valence electrons. The van der Waals surface area contributed by atoms with E-state index >= 15 is 0 Å². The zero-order valence-corrected chi connectivity index (χ0v) is 7.80. The van der Waals surface area contributed by atoms with Gasteiger partial charge in [0.2, 0.25) is 0 Å². The third-order valence-corrected chi connectivity index (χ3v) is 1.67. The third kappa shape index (κ3) is 7.82. The summed E-state index contributed by atoms with van der Waals surface area (Å²) in [5, 5.41) is 17.5. The predicted molar refractivity (Wildman–Crippen MR) is 46.4 cm³/mol. The van der Waals surface area contributed by atoms with Crippen molar-refractivity contribution >= 4 is 0 Å². The lowest BCUT2D eigenvalue weighted by Crippen LogP contribution is -2.13. The van der Waals surface area contributed by atoms with Crippen molar-refractivity contribution in [2.24, 2.45) is 5.41 Å². The van der Waals surface area contributed by atoms with Gasteiger partial charge in [-0.2, -0.15) is 0 Å². The molecule has 0 saturated heterocycles. The number of hydrogen-bond acceptors (Lipinski definition) is 2. The van der Waals surface area contributed by atoms with E-state index in [1.165, 1.54) is 0 Å². The van der Waals surface area contributed by atoms with Gasteiger partial charge in [0.05, 0.1) is 12.7 Å². The van der Waals surface area contributed by atoms with Gasteiger partial charge < -0.3 is 10.2 Å². The van der Waals surface area contributed by atoms with Crippen molar-refractivity contribution in [3.8, 4) is 0 Å². The molecule has 0 aromatic rings. The Morgan fingerprint density at radius 2 is 1.82 bits per heavy atom. The van der Waals surface area contributed by atoms with Crippen LogP contribution in [0.25, 0.3) is 0 Å². The van der Waals surface area contributed by atoms with E-state index in [-0.39, 0.29) is 6.61 Å². The van der Waals surface area contributed by atoms with E-state index in [4.69, 9.17) is 10.2 Å². The number of aliphatic hydroxyl groups is 2. The highest BCUT2D eigenvalue weighted by atomic mass is 16.3. The Bertz CT molecular complexity index is 94.2. The Hall–Kier alpha value is -0.0800. The first kappa shape index (κ1) is 10.9. The molecule has 11 heavy (non-hydrogen) atoms. The highest BCUT2D eigenvalue weighted by Crippen LogP contribution is 2.21. The van der Waals surface area contributed by atoms with Crippen molar-refractivity contribution in [2.75, 3.05) is 6.61 Å². The maximum absolute atomic E-state index is 9.00. The Morgan fingerprint density at radius 3 is 2.18 bits per heavy atom. The monoisotopic (exact) mass is 160 g/mol. The molecule has 0 bridgehead atoms. The van der Waals surface area contributed by atoms with Gasteiger partial charge in [-0.25, -0.2) is 0 Å². The molecule has 0 fully saturated rings. The van der Waals surface area contributed by atoms with Gasteiger partial charge in [0, 0.05) is 0 Å². The van der Waals surface area contributed by atoms with Crippen LogP contribution in [0.2, 0.25) is 0 Å². The average Bonchev–Trinajstić information content (AvgIpc) is 1.85. The SMILES string of the molecule is CC(C)(C)CCC[C@@H](O)CO. The average molecular weight is 160 g/mol. The van der Waals surface area contributed by atoms with E-state index in [1.54, 1.807) is 0 Å². The van der Waals surface area contributed by atoms with Gasteiger partial charge in [0.1, 0.15) is 0 Å². The summed E-state index contributed by atoms with van der Waals surface area (Å²) in [7, 11) is 0. The van der Waals surface area contributed by atoms with Gasteiger partial charge in [-0.1, -0.05) is 27.2 Å². The summed E-state index contributed by atoms with van der Waals surface area (Å²) in [6.07, 6.45) is 2.29. The molecule has 0 amide bonds. The first-order chi connectivity index (χ1) is 4.95. The summed E-state index contributed by atoms with van der Waals surface area (Å²) in [5.41, 5.74) is 0.342. The van der Waals surface area contributed by atoms with E-state index in [9.17, 15) is 0 Å². The smallest absolute Gasteiger partial charge is 0.0770 e. The third-order valence-electron chi connectivity index (χ3n) is 1.67. The molecule has 0 unspecified atom stereocenters. The molecule has 0 rings (SSSR count). The van der Waals surface area contributed by atoms with Crippen LogP contribution in [0.15, 0.2) is 0 Å². The maximum Gasteiger partial charge on any atom is 0.0770 e. The van der Waals surface area contributed by atoms with Gasteiger partial charge >= 0.3 is 0 Å².